The molecule has 18 heavy (non-hydrogen) atoms. The Kier molecular flexibility index (Phi) is 3.55. The molecule has 1 aliphatic heterocycles. The Morgan fingerprint density at radius 2 is 2.06 bits per heavy atom. The van der Waals surface area contributed by atoms with Gasteiger partial charge in [-0.25, -0.2) is 0 Å². The minimum absolute atomic E-state index is 0.618. The van der Waals surface area contributed by atoms with Gasteiger partial charge in [0, 0.05) is 24.8 Å². The van der Waals surface area contributed by atoms with Crippen molar-refractivity contribution in [2.24, 2.45) is 5.92 Å². The fourth-order valence-electron chi connectivity index (χ4n) is 3.04. The van der Waals surface area contributed by atoms with Crippen molar-refractivity contribution in [2.45, 2.75) is 38.6 Å². The standard InChI is InChI=1S/C16H24N2/c1-2-9-18(11-13-7-8-13)12-15-10-14-5-3-4-6-16(14)17-15/h3-6,13,15,17H,2,7-12H2,1H3. The lowest BCUT2D eigenvalue weighted by molar-refractivity contribution is 0.253. The summed E-state index contributed by atoms with van der Waals surface area (Å²) in [6.07, 6.45) is 5.38. The molecule has 1 saturated carbocycles. The highest BCUT2D eigenvalue weighted by Gasteiger charge is 2.27. The second-order valence-corrected chi connectivity index (χ2v) is 5.91. The van der Waals surface area contributed by atoms with Crippen LogP contribution in [-0.2, 0) is 6.42 Å². The number of rotatable bonds is 6. The maximum atomic E-state index is 3.68. The molecule has 3 rings (SSSR count). The second kappa shape index (κ2) is 5.31. The van der Waals surface area contributed by atoms with Crippen LogP contribution in [0.5, 0.6) is 0 Å². The predicted octanol–water partition coefficient (Wildman–Crippen LogP) is 3.15. The molecule has 2 aliphatic rings. The van der Waals surface area contributed by atoms with Gasteiger partial charge in [-0.05, 0) is 49.8 Å². The Morgan fingerprint density at radius 3 is 2.78 bits per heavy atom. The highest BCUT2D eigenvalue weighted by atomic mass is 15.2. The monoisotopic (exact) mass is 244 g/mol. The van der Waals surface area contributed by atoms with Crippen molar-refractivity contribution in [1.82, 2.24) is 4.90 Å². The SMILES string of the molecule is CCCN(CC1CC1)CC1Cc2ccccc2N1. The summed E-state index contributed by atoms with van der Waals surface area (Å²) in [6, 6.07) is 9.36. The van der Waals surface area contributed by atoms with Crippen LogP contribution in [0.2, 0.25) is 0 Å². The first-order valence-electron chi connectivity index (χ1n) is 7.42. The molecule has 1 fully saturated rings. The lowest BCUT2D eigenvalue weighted by Crippen LogP contribution is -2.37. The van der Waals surface area contributed by atoms with Gasteiger partial charge in [-0.3, -0.25) is 0 Å². The van der Waals surface area contributed by atoms with Crippen molar-refractivity contribution in [1.29, 1.82) is 0 Å². The van der Waals surface area contributed by atoms with Gasteiger partial charge >= 0.3 is 0 Å². The van der Waals surface area contributed by atoms with Crippen LogP contribution in [0.3, 0.4) is 0 Å². The highest BCUT2D eigenvalue weighted by molar-refractivity contribution is 5.56. The van der Waals surface area contributed by atoms with Crippen molar-refractivity contribution in [3.63, 3.8) is 0 Å². The Hall–Kier alpha value is -1.02. The van der Waals surface area contributed by atoms with Gasteiger partial charge in [0.2, 0.25) is 0 Å². The maximum absolute atomic E-state index is 3.68. The first-order valence-corrected chi connectivity index (χ1v) is 7.42. The van der Waals surface area contributed by atoms with Crippen LogP contribution in [0, 0.1) is 5.92 Å². The molecule has 0 bridgehead atoms. The maximum Gasteiger partial charge on any atom is 0.0429 e. The molecule has 1 heterocycles. The van der Waals surface area contributed by atoms with Crippen molar-refractivity contribution < 1.29 is 0 Å². The van der Waals surface area contributed by atoms with E-state index in [1.54, 1.807) is 0 Å². The minimum Gasteiger partial charge on any atom is -0.380 e. The first-order chi connectivity index (χ1) is 8.85. The number of benzene rings is 1. The Bertz CT molecular complexity index is 373. The fourth-order valence-corrected chi connectivity index (χ4v) is 3.04. The quantitative estimate of drug-likeness (QED) is 0.827. The van der Waals surface area contributed by atoms with Gasteiger partial charge in [0.05, 0.1) is 0 Å². The molecule has 1 atom stereocenters. The van der Waals surface area contributed by atoms with Crippen LogP contribution in [0.4, 0.5) is 5.69 Å². The smallest absolute Gasteiger partial charge is 0.0429 e. The van der Waals surface area contributed by atoms with Gasteiger partial charge in [0.15, 0.2) is 0 Å². The summed E-state index contributed by atoms with van der Waals surface area (Å²) in [5.74, 6) is 1.00. The lowest BCUT2D eigenvalue weighted by Gasteiger charge is -2.25. The van der Waals surface area contributed by atoms with Crippen molar-refractivity contribution in [3.8, 4) is 0 Å². The van der Waals surface area contributed by atoms with E-state index in [2.05, 4.69) is 41.4 Å². The number of nitrogens with zero attached hydrogens (tertiary/aromatic N) is 1. The summed E-state index contributed by atoms with van der Waals surface area (Å²) in [5, 5.41) is 3.68. The molecular weight excluding hydrogens is 220 g/mol. The van der Waals surface area contributed by atoms with Gasteiger partial charge in [0.1, 0.15) is 0 Å². The van der Waals surface area contributed by atoms with Gasteiger partial charge < -0.3 is 10.2 Å². The second-order valence-electron chi connectivity index (χ2n) is 5.91. The molecule has 0 aromatic heterocycles. The molecule has 2 nitrogen and oxygen atoms in total. The van der Waals surface area contributed by atoms with E-state index in [1.807, 2.05) is 0 Å². The van der Waals surface area contributed by atoms with Crippen molar-refractivity contribution >= 4 is 5.69 Å². The number of fused-ring (bicyclic) bond motifs is 1. The van der Waals surface area contributed by atoms with Crippen molar-refractivity contribution in [2.75, 3.05) is 25.0 Å². The van der Waals surface area contributed by atoms with E-state index >= 15 is 0 Å². The molecule has 1 aromatic carbocycles. The van der Waals surface area contributed by atoms with Crippen LogP contribution in [-0.4, -0.2) is 30.6 Å². The third kappa shape index (κ3) is 2.86. The molecule has 0 saturated heterocycles. The summed E-state index contributed by atoms with van der Waals surface area (Å²) >= 11 is 0. The molecule has 0 spiro atoms. The summed E-state index contributed by atoms with van der Waals surface area (Å²) in [5.41, 5.74) is 2.84. The molecule has 1 unspecified atom stereocenters. The largest absolute Gasteiger partial charge is 0.380 e. The van der Waals surface area contributed by atoms with E-state index in [4.69, 9.17) is 0 Å². The van der Waals surface area contributed by atoms with E-state index in [0.29, 0.717) is 6.04 Å². The zero-order chi connectivity index (χ0) is 12.4. The summed E-state index contributed by atoms with van der Waals surface area (Å²) in [7, 11) is 0. The van der Waals surface area contributed by atoms with E-state index < -0.39 is 0 Å². The summed E-state index contributed by atoms with van der Waals surface area (Å²) in [4.78, 5) is 2.67. The van der Waals surface area contributed by atoms with Gasteiger partial charge in [0.25, 0.3) is 0 Å². The first kappa shape index (κ1) is 12.0. The zero-order valence-electron chi connectivity index (χ0n) is 11.4. The van der Waals surface area contributed by atoms with E-state index in [9.17, 15) is 0 Å². The number of anilines is 1. The minimum atomic E-state index is 0.618. The molecular formula is C16H24N2. The Morgan fingerprint density at radius 1 is 1.22 bits per heavy atom. The topological polar surface area (TPSA) is 15.3 Å². The van der Waals surface area contributed by atoms with Gasteiger partial charge in [-0.2, -0.15) is 0 Å². The number of nitrogens with one attached hydrogen (secondary N) is 1. The molecule has 1 aromatic rings. The molecule has 0 amide bonds. The number of hydrogen-bond donors (Lipinski definition) is 1. The van der Waals surface area contributed by atoms with E-state index in [1.165, 1.54) is 56.6 Å². The molecule has 1 aliphatic carbocycles. The van der Waals surface area contributed by atoms with Crippen LogP contribution >= 0.6 is 0 Å². The average molecular weight is 244 g/mol. The zero-order valence-corrected chi connectivity index (χ0v) is 11.4. The van der Waals surface area contributed by atoms with Crippen LogP contribution in [0.25, 0.3) is 0 Å². The number of para-hydroxylation sites is 1. The highest BCUT2D eigenvalue weighted by Crippen LogP contribution is 2.31. The van der Waals surface area contributed by atoms with Crippen LogP contribution in [0.15, 0.2) is 24.3 Å². The third-order valence-corrected chi connectivity index (χ3v) is 4.08. The predicted molar refractivity (Wildman–Crippen MR) is 77.0 cm³/mol. The summed E-state index contributed by atoms with van der Waals surface area (Å²) in [6.45, 7) is 6.07. The fraction of sp³-hybridized carbons (Fsp3) is 0.625. The molecule has 98 valence electrons. The van der Waals surface area contributed by atoms with Crippen LogP contribution in [0.1, 0.15) is 31.7 Å². The lowest BCUT2D eigenvalue weighted by atomic mass is 10.1. The van der Waals surface area contributed by atoms with E-state index in [0.717, 1.165) is 5.92 Å². The number of hydrogen-bond acceptors (Lipinski definition) is 2. The van der Waals surface area contributed by atoms with E-state index in [-0.39, 0.29) is 0 Å². The summed E-state index contributed by atoms with van der Waals surface area (Å²) < 4.78 is 0. The molecule has 2 heteroatoms. The third-order valence-electron chi connectivity index (χ3n) is 4.08. The van der Waals surface area contributed by atoms with Crippen LogP contribution < -0.4 is 5.32 Å². The normalized spacial score (nSPS) is 22.0. The molecule has 0 radical (unpaired) electrons. The van der Waals surface area contributed by atoms with Gasteiger partial charge in [-0.1, -0.05) is 25.1 Å². The Labute approximate surface area is 110 Å². The Balaban J connectivity index is 1.56. The van der Waals surface area contributed by atoms with Gasteiger partial charge in [-0.15, -0.1) is 0 Å². The molecule has 1 N–H and O–H groups in total. The van der Waals surface area contributed by atoms with Crippen molar-refractivity contribution in [3.05, 3.63) is 29.8 Å². The average Bonchev–Trinajstić information content (AvgIpc) is 3.07.